The Bertz CT molecular complexity index is 2180. The maximum Gasteiger partial charge on any atom is 0.485 e. The van der Waals surface area contributed by atoms with Gasteiger partial charge in [-0.15, -0.1) is 0 Å². The van der Waals surface area contributed by atoms with Gasteiger partial charge < -0.3 is 13.7 Å². The second kappa shape index (κ2) is 33.5. The zero-order chi connectivity index (χ0) is 51.9. The van der Waals surface area contributed by atoms with Crippen LogP contribution in [0.2, 0.25) is 0 Å². The number of alkyl halides is 9. The molecular formula is C30H33F9N12O9PPuS4-3. The number of nitrogens with zero attached hydrogens (tertiary/aromatic N) is 12. The summed E-state index contributed by atoms with van der Waals surface area (Å²) < 4.78 is 182. The summed E-state index contributed by atoms with van der Waals surface area (Å²) in [6.07, 6.45) is 10.1. The van der Waals surface area contributed by atoms with Crippen molar-refractivity contribution in [3.8, 4) is 18.2 Å². The van der Waals surface area contributed by atoms with Crippen LogP contribution in [0.5, 0.6) is 0 Å². The fourth-order valence-electron chi connectivity index (χ4n) is 2.55. The molecule has 0 N–H and O–H groups in total. The van der Waals surface area contributed by atoms with Crippen LogP contribution in [-0.2, 0) is 42.2 Å². The molecule has 21 nitrogen and oxygen atoms in total. The average Bonchev–Trinajstić information content (AvgIpc) is 3.18. The van der Waals surface area contributed by atoms with E-state index in [1.807, 2.05) is 54.6 Å². The molecule has 368 valence electrons. The Morgan fingerprint density at radius 2 is 0.712 bits per heavy atom. The van der Waals surface area contributed by atoms with Crippen LogP contribution < -0.4 is 0 Å². The third kappa shape index (κ3) is 31.9. The van der Waals surface area contributed by atoms with Crippen LogP contribution in [0.1, 0.15) is 37.9 Å². The summed E-state index contributed by atoms with van der Waals surface area (Å²) in [4.78, 5) is 12.8. The number of hydrogen-bond donors (Lipinski definition) is 0. The zero-order valence-electron chi connectivity index (χ0n) is 34.1. The third-order valence-electron chi connectivity index (χ3n) is 5.12. The van der Waals surface area contributed by atoms with E-state index in [0.29, 0.717) is 0 Å². The largest absolute Gasteiger partial charge is 0.741 e. The van der Waals surface area contributed by atoms with Gasteiger partial charge in [0.15, 0.2) is 30.4 Å². The van der Waals surface area contributed by atoms with Crippen molar-refractivity contribution in [1.82, 2.24) is 29.3 Å². The molecule has 0 fully saturated rings. The summed E-state index contributed by atoms with van der Waals surface area (Å²) in [6, 6.07) is 22.1. The summed E-state index contributed by atoms with van der Waals surface area (Å²) in [5.41, 5.74) is -14.8. The van der Waals surface area contributed by atoms with E-state index in [1.165, 1.54) is 20.8 Å². The van der Waals surface area contributed by atoms with Crippen LogP contribution in [0.3, 0.4) is 0 Å². The first-order valence-electron chi connectivity index (χ1n) is 15.7. The second-order valence-corrected chi connectivity index (χ2v) is 18.2. The molecule has 0 radical (unpaired) electrons. The van der Waals surface area contributed by atoms with Crippen LogP contribution in [0.4, 0.5) is 39.5 Å². The van der Waals surface area contributed by atoms with Crippen LogP contribution in [0, 0.1) is 63.2 Å². The summed E-state index contributed by atoms with van der Waals surface area (Å²) in [5, 5.41) is 35.6. The van der Waals surface area contributed by atoms with Gasteiger partial charge in [-0.2, -0.15) is 70.6 Å². The summed E-state index contributed by atoms with van der Waals surface area (Å²) in [6.45, 7) is 1.54. The maximum atomic E-state index is 10.7. The van der Waals surface area contributed by atoms with Crippen LogP contribution in [0.15, 0.2) is 88.5 Å². The Morgan fingerprint density at radius 1 is 0.545 bits per heavy atom. The number of rotatable bonds is 9. The van der Waals surface area contributed by atoms with Gasteiger partial charge in [0.05, 0.1) is 53.9 Å². The molecule has 0 aliphatic carbocycles. The molecule has 3 rings (SSSR count). The van der Waals surface area contributed by atoms with Gasteiger partial charge in [-0.1, -0.05) is 18.2 Å². The van der Waals surface area contributed by atoms with Gasteiger partial charge in [-0.05, 0) is 48.2 Å². The Labute approximate surface area is 399 Å². The maximum absolute atomic E-state index is 10.7. The second-order valence-electron chi connectivity index (χ2n) is 9.85. The van der Waals surface area contributed by atoms with Gasteiger partial charge in [-0.25, -0.2) is 39.6 Å². The fourth-order valence-corrected chi connectivity index (χ4v) is 4.61. The van der Waals surface area contributed by atoms with Crippen molar-refractivity contribution >= 4 is 67.3 Å². The van der Waals surface area contributed by atoms with Gasteiger partial charge in [0.1, 0.15) is 0 Å². The predicted octanol–water partition coefficient (Wildman–Crippen LogP) is 5.04. The smallest absolute Gasteiger partial charge is 0.485 e. The average molecular weight is 1280 g/mol. The molecule has 0 unspecified atom stereocenters. The van der Waals surface area contributed by atoms with E-state index in [2.05, 4.69) is 30.3 Å². The Balaban J connectivity index is -0.000000296. The van der Waals surface area contributed by atoms with Crippen molar-refractivity contribution in [3.63, 3.8) is 0 Å². The van der Waals surface area contributed by atoms with Gasteiger partial charge in [0.2, 0.25) is 0 Å². The molecule has 36 heteroatoms. The summed E-state index contributed by atoms with van der Waals surface area (Å²) in [5.74, 6) is 0. The minimum atomic E-state index is -6.09. The minimum absolute atomic E-state index is 0. The van der Waals surface area contributed by atoms with E-state index in [-0.39, 0.29) is 29.2 Å². The molecule has 0 amide bonds. The Hall–Kier alpha value is -4.93. The molecule has 0 saturated carbocycles. The normalized spacial score (nSPS) is 11.3. The molecule has 3 aromatic rings. The topological polar surface area (TPSA) is 328 Å². The zero-order valence-corrected chi connectivity index (χ0v) is 41.7. The van der Waals surface area contributed by atoms with Crippen LogP contribution in [0.25, 0.3) is 0 Å². The van der Waals surface area contributed by atoms with E-state index in [4.69, 9.17) is 66.5 Å². The quantitative estimate of drug-likeness (QED) is 0.0676. The SMILES string of the molecule is CC#N.CC#N.CC#N.CN(/N=C/c1ccccn1)P(=S)(N(C)/N=C/c1ccccn1)N(C)/N=C/c1ccccn1.O=S(=O)([O-])C(F)(F)F.O=S(=O)([O-])C(F)(F)F.O=S(=O)([O-])C(F)(F)F.[Pu]. The molecule has 3 aromatic heterocycles. The standard InChI is InChI=1S/C21H24N9PS.3C2H3N.3CHF3O3S.Pu/c1-28(25-16-19-10-4-7-13-22-19)31(32,29(2)26-17-20-11-5-8-14-23-20)30(3)27-18-21-12-6-9-15-24-21;3*1-2-3;3*2-1(3,4)8(5,6)7;/h4-18H,1-3H3;3*1H3;3*(H,5,6,7);/p-3/b25-16+,26-17+,27-18+;;;;;;;. The molecule has 0 aliphatic rings. The minimum Gasteiger partial charge on any atom is -0.741 e. The first-order chi connectivity index (χ1) is 29.5. The first-order valence-corrected chi connectivity index (χ1v) is 22.5. The molecule has 0 saturated heterocycles. The third-order valence-corrected chi connectivity index (χ3v) is 11.5. The fraction of sp³-hybridized carbons (Fsp3) is 0.300. The monoisotopic (exact) mass is 1270 g/mol. The number of aromatic nitrogens is 3. The molecule has 0 atom stereocenters. The Morgan fingerprint density at radius 3 is 0.833 bits per heavy atom. The van der Waals surface area contributed by atoms with E-state index < -0.39 is 53.4 Å². The number of hydrazone groups is 3. The van der Waals surface area contributed by atoms with Gasteiger partial charge >= 0.3 is 16.5 Å². The van der Waals surface area contributed by atoms with Gasteiger partial charge in [0, 0.05) is 89.7 Å². The van der Waals surface area contributed by atoms with Crippen molar-refractivity contribution in [3.05, 3.63) is 90.3 Å². The van der Waals surface area contributed by atoms with Gasteiger partial charge in [-0.3, -0.25) is 15.0 Å². The number of nitriles is 3. The van der Waals surface area contributed by atoms with Crippen molar-refractivity contribution in [2.24, 2.45) is 15.3 Å². The summed E-state index contributed by atoms with van der Waals surface area (Å²) >= 11 is 6.10. The molecule has 0 bridgehead atoms. The Kier molecular flexibility index (Phi) is 35.6. The predicted molar refractivity (Wildman–Crippen MR) is 214 cm³/mol. The molecular weight excluding hydrogens is 1250 g/mol. The van der Waals surface area contributed by atoms with Gasteiger partial charge in [0.25, 0.3) is 6.49 Å². The molecule has 0 aromatic carbocycles. The van der Waals surface area contributed by atoms with E-state index in [9.17, 15) is 39.5 Å². The van der Waals surface area contributed by atoms with Crippen molar-refractivity contribution in [2.45, 2.75) is 37.3 Å². The molecule has 0 aliphatic heterocycles. The number of pyridine rings is 3. The molecule has 0 spiro atoms. The van der Waals surface area contributed by atoms with Crippen molar-refractivity contribution in [1.29, 1.82) is 15.8 Å². The number of hydrogen-bond acceptors (Lipinski definition) is 19. The summed E-state index contributed by atoms with van der Waals surface area (Å²) in [7, 11) is -12.9. The van der Waals surface area contributed by atoms with E-state index in [0.717, 1.165) is 17.1 Å². The van der Waals surface area contributed by atoms with Crippen molar-refractivity contribution < 1.29 is 108 Å². The first kappa shape index (κ1) is 70.1. The van der Waals surface area contributed by atoms with Crippen LogP contribution in [-0.4, -0.2) is 125 Å². The number of halogens is 9. The van der Waals surface area contributed by atoms with Crippen molar-refractivity contribution in [2.75, 3.05) is 21.1 Å². The molecule has 66 heavy (non-hydrogen) atoms. The van der Waals surface area contributed by atoms with E-state index in [1.54, 1.807) is 90.9 Å². The van der Waals surface area contributed by atoms with E-state index >= 15 is 0 Å². The molecule has 3 heterocycles. The van der Waals surface area contributed by atoms with Crippen LogP contribution >= 0.6 is 6.49 Å².